The summed E-state index contributed by atoms with van der Waals surface area (Å²) in [5.41, 5.74) is -0.333. The van der Waals surface area contributed by atoms with Crippen LogP contribution in [-0.2, 0) is 9.53 Å². The van der Waals surface area contributed by atoms with Gasteiger partial charge in [0.25, 0.3) is 0 Å². The molecule has 3 heteroatoms. The lowest BCUT2D eigenvalue weighted by molar-refractivity contribution is -0.159. The maximum Gasteiger partial charge on any atom is 0.303 e. The van der Waals surface area contributed by atoms with Gasteiger partial charge in [-0.3, -0.25) is 4.79 Å². The standard InChI is InChI=1S/C13H21NO2/c1-9(6-8-14)12-5-7-13(4,10(12)2)16-11(3)15/h9-10,12H,5-7H2,1-4H3/t9?,10-,12-,13+/m0/s1. The molecule has 0 saturated heterocycles. The maximum absolute atomic E-state index is 11.1. The third-order valence-corrected chi connectivity index (χ3v) is 4.10. The first-order chi connectivity index (χ1) is 7.40. The van der Waals surface area contributed by atoms with E-state index in [2.05, 4.69) is 19.9 Å². The Bertz CT molecular complexity index is 308. The molecular formula is C13H21NO2. The zero-order valence-corrected chi connectivity index (χ0v) is 10.6. The SMILES string of the molecule is CC(=O)O[C@]1(C)CC[C@@H](C(C)CC#N)[C@@H]1C. The minimum absolute atomic E-state index is 0.206. The summed E-state index contributed by atoms with van der Waals surface area (Å²) < 4.78 is 5.45. The van der Waals surface area contributed by atoms with Crippen molar-refractivity contribution in [3.63, 3.8) is 0 Å². The highest BCUT2D eigenvalue weighted by molar-refractivity contribution is 5.66. The average Bonchev–Trinajstić information content (AvgIpc) is 2.43. The first-order valence-electron chi connectivity index (χ1n) is 5.97. The topological polar surface area (TPSA) is 50.1 Å². The smallest absolute Gasteiger partial charge is 0.303 e. The van der Waals surface area contributed by atoms with Crippen LogP contribution in [0.25, 0.3) is 0 Å². The van der Waals surface area contributed by atoms with Gasteiger partial charge >= 0.3 is 5.97 Å². The van der Waals surface area contributed by atoms with E-state index in [1.54, 1.807) is 0 Å². The molecule has 1 rings (SSSR count). The minimum Gasteiger partial charge on any atom is -0.459 e. The summed E-state index contributed by atoms with van der Waals surface area (Å²) in [7, 11) is 0. The summed E-state index contributed by atoms with van der Waals surface area (Å²) in [5.74, 6) is 1.00. The summed E-state index contributed by atoms with van der Waals surface area (Å²) >= 11 is 0. The number of hydrogen-bond donors (Lipinski definition) is 0. The second-order valence-corrected chi connectivity index (χ2v) is 5.24. The van der Waals surface area contributed by atoms with Gasteiger partial charge < -0.3 is 4.74 Å². The quantitative estimate of drug-likeness (QED) is 0.691. The van der Waals surface area contributed by atoms with E-state index < -0.39 is 0 Å². The molecule has 1 aliphatic rings. The van der Waals surface area contributed by atoms with Crippen molar-refractivity contribution in [1.29, 1.82) is 5.26 Å². The molecule has 0 aromatic heterocycles. The normalized spacial score (nSPS) is 35.4. The molecule has 1 unspecified atom stereocenters. The Morgan fingerprint density at radius 1 is 1.69 bits per heavy atom. The highest BCUT2D eigenvalue weighted by atomic mass is 16.6. The summed E-state index contributed by atoms with van der Waals surface area (Å²) in [6.07, 6.45) is 2.55. The fourth-order valence-electron chi connectivity index (χ4n) is 2.93. The van der Waals surface area contributed by atoms with Gasteiger partial charge in [0.2, 0.25) is 0 Å². The molecule has 1 fully saturated rings. The first kappa shape index (κ1) is 13.0. The van der Waals surface area contributed by atoms with Gasteiger partial charge in [0, 0.05) is 13.3 Å². The molecule has 0 heterocycles. The van der Waals surface area contributed by atoms with Crippen LogP contribution in [0.1, 0.15) is 47.0 Å². The molecule has 0 bridgehead atoms. The molecule has 90 valence electrons. The lowest BCUT2D eigenvalue weighted by Crippen LogP contribution is -2.36. The average molecular weight is 223 g/mol. The van der Waals surface area contributed by atoms with Crippen LogP contribution in [-0.4, -0.2) is 11.6 Å². The van der Waals surface area contributed by atoms with Gasteiger partial charge in [0.1, 0.15) is 5.60 Å². The van der Waals surface area contributed by atoms with Crippen molar-refractivity contribution >= 4 is 5.97 Å². The highest BCUT2D eigenvalue weighted by Gasteiger charge is 2.46. The molecule has 0 aliphatic heterocycles. The number of nitrogens with zero attached hydrogens (tertiary/aromatic N) is 1. The van der Waals surface area contributed by atoms with Crippen molar-refractivity contribution in [2.75, 3.05) is 0 Å². The van der Waals surface area contributed by atoms with Crippen molar-refractivity contribution < 1.29 is 9.53 Å². The number of rotatable bonds is 3. The van der Waals surface area contributed by atoms with Crippen LogP contribution in [0.15, 0.2) is 0 Å². The first-order valence-corrected chi connectivity index (χ1v) is 5.97. The van der Waals surface area contributed by atoms with Crippen LogP contribution >= 0.6 is 0 Å². The number of hydrogen-bond acceptors (Lipinski definition) is 3. The molecule has 1 saturated carbocycles. The van der Waals surface area contributed by atoms with Gasteiger partial charge in [0.15, 0.2) is 0 Å². The monoisotopic (exact) mass is 223 g/mol. The molecule has 0 aromatic carbocycles. The molecule has 1 aliphatic carbocycles. The summed E-state index contributed by atoms with van der Waals surface area (Å²) in [6, 6.07) is 2.23. The van der Waals surface area contributed by atoms with Crippen LogP contribution in [0.4, 0.5) is 0 Å². The van der Waals surface area contributed by atoms with E-state index in [1.165, 1.54) is 6.92 Å². The van der Waals surface area contributed by atoms with Crippen molar-refractivity contribution in [3.05, 3.63) is 0 Å². The number of carbonyl (C=O) groups excluding carboxylic acids is 1. The number of ether oxygens (including phenoxy) is 1. The van der Waals surface area contributed by atoms with Gasteiger partial charge in [-0.2, -0.15) is 5.26 Å². The van der Waals surface area contributed by atoms with E-state index in [0.29, 0.717) is 24.2 Å². The highest BCUT2D eigenvalue weighted by Crippen LogP contribution is 2.46. The molecule has 0 radical (unpaired) electrons. The van der Waals surface area contributed by atoms with Gasteiger partial charge in [0.05, 0.1) is 6.07 Å². The number of esters is 1. The molecule has 3 nitrogen and oxygen atoms in total. The molecule has 0 spiro atoms. The molecule has 0 N–H and O–H groups in total. The molecular weight excluding hydrogens is 202 g/mol. The van der Waals surface area contributed by atoms with Crippen molar-refractivity contribution in [2.24, 2.45) is 17.8 Å². The molecule has 4 atom stereocenters. The van der Waals surface area contributed by atoms with E-state index >= 15 is 0 Å². The molecule has 0 aromatic rings. The van der Waals surface area contributed by atoms with Gasteiger partial charge in [-0.25, -0.2) is 0 Å². The Kier molecular flexibility index (Phi) is 3.96. The Morgan fingerprint density at radius 3 is 2.81 bits per heavy atom. The van der Waals surface area contributed by atoms with Gasteiger partial charge in [-0.15, -0.1) is 0 Å². The minimum atomic E-state index is -0.333. The molecule has 0 amide bonds. The predicted octanol–water partition coefficient (Wildman–Crippen LogP) is 2.90. The van der Waals surface area contributed by atoms with Gasteiger partial charge in [-0.1, -0.05) is 13.8 Å². The largest absolute Gasteiger partial charge is 0.459 e. The lowest BCUT2D eigenvalue weighted by atomic mass is 9.80. The zero-order valence-electron chi connectivity index (χ0n) is 10.6. The summed E-state index contributed by atoms with van der Waals surface area (Å²) in [4.78, 5) is 11.1. The maximum atomic E-state index is 11.1. The third kappa shape index (κ3) is 2.55. The fourth-order valence-corrected chi connectivity index (χ4v) is 2.93. The Hall–Kier alpha value is -1.04. The van der Waals surface area contributed by atoms with Crippen LogP contribution in [0.5, 0.6) is 0 Å². The fraction of sp³-hybridized carbons (Fsp3) is 0.846. The Labute approximate surface area is 97.8 Å². The van der Waals surface area contributed by atoms with Crippen LogP contribution in [0.3, 0.4) is 0 Å². The lowest BCUT2D eigenvalue weighted by Gasteiger charge is -2.32. The van der Waals surface area contributed by atoms with E-state index in [9.17, 15) is 4.79 Å². The molecule has 16 heavy (non-hydrogen) atoms. The summed E-state index contributed by atoms with van der Waals surface area (Å²) in [6.45, 7) is 7.72. The second-order valence-electron chi connectivity index (χ2n) is 5.24. The van der Waals surface area contributed by atoms with Crippen molar-refractivity contribution in [3.8, 4) is 6.07 Å². The number of nitriles is 1. The zero-order chi connectivity index (χ0) is 12.3. The van der Waals surface area contributed by atoms with Gasteiger partial charge in [-0.05, 0) is 37.5 Å². The van der Waals surface area contributed by atoms with Crippen LogP contribution in [0.2, 0.25) is 0 Å². The van der Waals surface area contributed by atoms with Crippen LogP contribution < -0.4 is 0 Å². The van der Waals surface area contributed by atoms with E-state index in [-0.39, 0.29) is 11.6 Å². The van der Waals surface area contributed by atoms with E-state index in [4.69, 9.17) is 10.00 Å². The Morgan fingerprint density at radius 2 is 2.31 bits per heavy atom. The van der Waals surface area contributed by atoms with Crippen molar-refractivity contribution in [1.82, 2.24) is 0 Å². The summed E-state index contributed by atoms with van der Waals surface area (Å²) in [5, 5.41) is 8.72. The van der Waals surface area contributed by atoms with E-state index in [0.717, 1.165) is 12.8 Å². The Balaban J connectivity index is 2.69. The van der Waals surface area contributed by atoms with Crippen LogP contribution in [0, 0.1) is 29.1 Å². The number of carbonyl (C=O) groups is 1. The predicted molar refractivity (Wildman–Crippen MR) is 61.5 cm³/mol. The third-order valence-electron chi connectivity index (χ3n) is 4.10. The van der Waals surface area contributed by atoms with E-state index in [1.807, 2.05) is 6.92 Å². The second kappa shape index (κ2) is 4.86. The van der Waals surface area contributed by atoms with Crippen molar-refractivity contribution in [2.45, 2.75) is 52.6 Å².